The molecule has 0 saturated carbocycles. The van der Waals surface area contributed by atoms with E-state index in [1.54, 1.807) is 42.1 Å². The van der Waals surface area contributed by atoms with Gasteiger partial charge in [-0.3, -0.25) is 0 Å². The third kappa shape index (κ3) is 3.88. The molecule has 4 rings (SSSR count). The number of aromatic nitrogens is 2. The lowest BCUT2D eigenvalue weighted by atomic mass is 9.97. The Labute approximate surface area is 176 Å². The predicted molar refractivity (Wildman–Crippen MR) is 113 cm³/mol. The number of benzene rings is 3. The number of hydrogen-bond acceptors (Lipinski definition) is 5. The molecule has 0 bridgehead atoms. The van der Waals surface area contributed by atoms with Crippen LogP contribution in [0.1, 0.15) is 11.1 Å². The minimum absolute atomic E-state index is 0.309. The smallest absolute Gasteiger partial charge is 0.208 e. The van der Waals surface area contributed by atoms with Gasteiger partial charge in [0, 0.05) is 18.2 Å². The summed E-state index contributed by atoms with van der Waals surface area (Å²) in [7, 11) is 1.80. The Balaban J connectivity index is 1.77. The first-order chi connectivity index (χ1) is 14.6. The van der Waals surface area contributed by atoms with Crippen molar-refractivity contribution < 1.29 is 4.39 Å². The Kier molecular flexibility index (Phi) is 5.21. The molecule has 5 nitrogen and oxygen atoms in total. The fourth-order valence-electron chi connectivity index (χ4n) is 2.93. The number of hydrogen-bond donors (Lipinski definition) is 0. The normalized spacial score (nSPS) is 11.1. The zero-order chi connectivity index (χ0) is 21.1. The van der Waals surface area contributed by atoms with Crippen molar-refractivity contribution in [3.63, 3.8) is 0 Å². The van der Waals surface area contributed by atoms with Crippen molar-refractivity contribution in [1.29, 1.82) is 10.5 Å². The predicted octanol–water partition coefficient (Wildman–Crippen LogP) is 4.93. The number of halogens is 1. The van der Waals surface area contributed by atoms with Crippen molar-refractivity contribution in [3.05, 3.63) is 88.5 Å². The van der Waals surface area contributed by atoms with E-state index in [2.05, 4.69) is 22.2 Å². The van der Waals surface area contributed by atoms with Crippen molar-refractivity contribution >= 4 is 17.0 Å². The Morgan fingerprint density at radius 2 is 1.63 bits per heavy atom. The molecule has 0 fully saturated rings. The average Bonchev–Trinajstić information content (AvgIpc) is 3.15. The van der Waals surface area contributed by atoms with E-state index < -0.39 is 0 Å². The molecule has 0 N–H and O–H groups in total. The maximum Gasteiger partial charge on any atom is 0.208 e. The fraction of sp³-hybridized carbons (Fsp3) is 0.0435. The minimum atomic E-state index is -0.309. The molecule has 7 heteroatoms. The van der Waals surface area contributed by atoms with Gasteiger partial charge in [0.2, 0.25) is 4.80 Å². The zero-order valence-corrected chi connectivity index (χ0v) is 16.7. The highest BCUT2D eigenvalue weighted by molar-refractivity contribution is 7.12. The summed E-state index contributed by atoms with van der Waals surface area (Å²) in [6.07, 6.45) is 0. The second-order valence-electron chi connectivity index (χ2n) is 6.46. The van der Waals surface area contributed by atoms with Crippen LogP contribution in [0.3, 0.4) is 0 Å². The Morgan fingerprint density at radius 3 is 2.30 bits per heavy atom. The molecule has 0 aliphatic heterocycles. The van der Waals surface area contributed by atoms with E-state index >= 15 is 0 Å². The Morgan fingerprint density at radius 1 is 0.933 bits per heavy atom. The van der Waals surface area contributed by atoms with Gasteiger partial charge in [-0.2, -0.15) is 15.6 Å². The van der Waals surface area contributed by atoms with E-state index in [4.69, 9.17) is 5.26 Å². The summed E-state index contributed by atoms with van der Waals surface area (Å²) in [6, 6.07) is 22.9. The van der Waals surface area contributed by atoms with Crippen LogP contribution >= 0.6 is 11.3 Å². The summed E-state index contributed by atoms with van der Waals surface area (Å²) < 4.78 is 14.8. The molecule has 144 valence electrons. The lowest BCUT2D eigenvalue weighted by molar-refractivity contribution is 0.628. The van der Waals surface area contributed by atoms with Gasteiger partial charge in [0.05, 0.1) is 29.0 Å². The highest BCUT2D eigenvalue weighted by atomic mass is 32.1. The summed E-state index contributed by atoms with van der Waals surface area (Å²) in [5.74, 6) is -0.309. The highest BCUT2D eigenvalue weighted by Crippen LogP contribution is 2.30. The monoisotopic (exact) mass is 411 g/mol. The van der Waals surface area contributed by atoms with Gasteiger partial charge in [-0.1, -0.05) is 29.5 Å². The standard InChI is InChI=1S/C23H14FN5S/c1-29-23(27-20-10-8-19(24)9-11-20)30-22(28-29)17-6-7-18(14-26)21(12-17)16-4-2-15(13-25)3-5-16/h2-12H,1H3. The van der Waals surface area contributed by atoms with E-state index in [1.807, 2.05) is 24.3 Å². The van der Waals surface area contributed by atoms with Gasteiger partial charge in [0.25, 0.3) is 0 Å². The van der Waals surface area contributed by atoms with Crippen LogP contribution < -0.4 is 4.80 Å². The molecular weight excluding hydrogens is 397 g/mol. The van der Waals surface area contributed by atoms with Crippen LogP contribution in [0, 0.1) is 28.5 Å². The second-order valence-corrected chi connectivity index (χ2v) is 7.42. The van der Waals surface area contributed by atoms with Crippen LogP contribution in [0.4, 0.5) is 10.1 Å². The van der Waals surface area contributed by atoms with Crippen molar-refractivity contribution in [3.8, 4) is 33.8 Å². The van der Waals surface area contributed by atoms with E-state index in [-0.39, 0.29) is 5.82 Å². The summed E-state index contributed by atoms with van der Waals surface area (Å²) in [6.45, 7) is 0. The van der Waals surface area contributed by atoms with E-state index in [1.165, 1.54) is 23.5 Å². The van der Waals surface area contributed by atoms with Gasteiger partial charge in [-0.15, -0.1) is 0 Å². The van der Waals surface area contributed by atoms with Gasteiger partial charge in [-0.05, 0) is 54.1 Å². The van der Waals surface area contributed by atoms with Crippen molar-refractivity contribution in [2.75, 3.05) is 0 Å². The molecule has 4 aromatic rings. The maximum absolute atomic E-state index is 13.1. The molecule has 3 aromatic carbocycles. The fourth-order valence-corrected chi connectivity index (χ4v) is 3.83. The SMILES string of the molecule is Cn1nc(-c2ccc(C#N)c(-c3ccc(C#N)cc3)c2)sc1=Nc1ccc(F)cc1. The summed E-state index contributed by atoms with van der Waals surface area (Å²) in [5.41, 5.74) is 4.22. The van der Waals surface area contributed by atoms with Crippen LogP contribution in [0.15, 0.2) is 71.7 Å². The largest absolute Gasteiger partial charge is 0.241 e. The van der Waals surface area contributed by atoms with Crippen LogP contribution in [-0.4, -0.2) is 9.78 Å². The highest BCUT2D eigenvalue weighted by Gasteiger charge is 2.11. The number of nitrogens with zero attached hydrogens (tertiary/aromatic N) is 5. The quantitative estimate of drug-likeness (QED) is 0.479. The van der Waals surface area contributed by atoms with Crippen LogP contribution in [0.5, 0.6) is 0 Å². The van der Waals surface area contributed by atoms with Crippen LogP contribution in [-0.2, 0) is 7.05 Å². The molecule has 0 unspecified atom stereocenters. The first kappa shape index (κ1) is 19.3. The Hall–Kier alpha value is -4.07. The topological polar surface area (TPSA) is 77.8 Å². The molecule has 0 saturated heterocycles. The van der Waals surface area contributed by atoms with Gasteiger partial charge >= 0.3 is 0 Å². The first-order valence-electron chi connectivity index (χ1n) is 8.97. The second kappa shape index (κ2) is 8.12. The summed E-state index contributed by atoms with van der Waals surface area (Å²) in [5, 5.41) is 23.8. The lowest BCUT2D eigenvalue weighted by Gasteiger charge is -2.06. The molecule has 0 radical (unpaired) electrons. The third-order valence-electron chi connectivity index (χ3n) is 4.47. The molecule has 0 aliphatic carbocycles. The molecule has 0 spiro atoms. The molecule has 0 aliphatic rings. The number of aryl methyl sites for hydroxylation is 1. The van der Waals surface area contributed by atoms with E-state index in [9.17, 15) is 9.65 Å². The van der Waals surface area contributed by atoms with Gasteiger partial charge < -0.3 is 0 Å². The molecule has 1 aromatic heterocycles. The van der Waals surface area contributed by atoms with Crippen LogP contribution in [0.2, 0.25) is 0 Å². The van der Waals surface area contributed by atoms with Crippen LogP contribution in [0.25, 0.3) is 21.7 Å². The molecule has 0 atom stereocenters. The zero-order valence-electron chi connectivity index (χ0n) is 15.9. The van der Waals surface area contributed by atoms with Gasteiger partial charge in [-0.25, -0.2) is 14.1 Å². The van der Waals surface area contributed by atoms with Crippen molar-refractivity contribution in [1.82, 2.24) is 9.78 Å². The first-order valence-corrected chi connectivity index (χ1v) is 9.78. The number of nitriles is 2. The lowest BCUT2D eigenvalue weighted by Crippen LogP contribution is -2.10. The number of rotatable bonds is 3. The molecule has 0 amide bonds. The van der Waals surface area contributed by atoms with E-state index in [0.717, 1.165) is 21.7 Å². The van der Waals surface area contributed by atoms with Crippen molar-refractivity contribution in [2.45, 2.75) is 0 Å². The third-order valence-corrected chi connectivity index (χ3v) is 5.52. The van der Waals surface area contributed by atoms with Gasteiger partial charge in [0.1, 0.15) is 10.8 Å². The molecule has 30 heavy (non-hydrogen) atoms. The minimum Gasteiger partial charge on any atom is -0.241 e. The maximum atomic E-state index is 13.1. The Bertz CT molecular complexity index is 1370. The summed E-state index contributed by atoms with van der Waals surface area (Å²) >= 11 is 1.40. The van der Waals surface area contributed by atoms with E-state index in [0.29, 0.717) is 21.6 Å². The summed E-state index contributed by atoms with van der Waals surface area (Å²) in [4.78, 5) is 5.20. The van der Waals surface area contributed by atoms with Crippen molar-refractivity contribution in [2.24, 2.45) is 12.0 Å². The molecule has 1 heterocycles. The van der Waals surface area contributed by atoms with Gasteiger partial charge in [0.15, 0.2) is 0 Å². The molecular formula is C23H14FN5S. The average molecular weight is 411 g/mol.